The van der Waals surface area contributed by atoms with Gasteiger partial charge in [-0.15, -0.1) is 24.0 Å². The van der Waals surface area contributed by atoms with Gasteiger partial charge in [0.15, 0.2) is 5.96 Å². The van der Waals surface area contributed by atoms with Crippen molar-refractivity contribution in [3.8, 4) is 11.5 Å². The summed E-state index contributed by atoms with van der Waals surface area (Å²) < 4.78 is 10.7. The molecule has 0 spiro atoms. The van der Waals surface area contributed by atoms with E-state index in [1.807, 2.05) is 36.4 Å². The maximum atomic E-state index is 12.0. The van der Waals surface area contributed by atoms with Crippen molar-refractivity contribution in [2.75, 3.05) is 59.9 Å². The van der Waals surface area contributed by atoms with Gasteiger partial charge in [-0.25, -0.2) is 4.99 Å². The Bertz CT molecular complexity index is 878. The molecule has 2 N–H and O–H groups in total. The third-order valence-electron chi connectivity index (χ3n) is 4.97. The number of rotatable bonds is 11. The van der Waals surface area contributed by atoms with Crippen LogP contribution < -0.4 is 25.0 Å². The standard InChI is InChI=1S/C24H35N5O3.HI/c1-28(2)23(30)18-27-24(25-14-9-15-29(3)20-10-7-6-8-11-20)26-17-19-12-13-21(31-4)16-22(19)32-5;/h6-8,10-13,16H,9,14-15,17-18H2,1-5H3,(H2,25,26,27);1H. The molecule has 2 aromatic rings. The summed E-state index contributed by atoms with van der Waals surface area (Å²) in [5, 5.41) is 6.45. The van der Waals surface area contributed by atoms with Crippen molar-refractivity contribution in [2.45, 2.75) is 13.0 Å². The highest BCUT2D eigenvalue weighted by atomic mass is 127. The molecule has 0 aromatic heterocycles. The maximum Gasteiger partial charge on any atom is 0.241 e. The quantitative estimate of drug-likeness (QED) is 0.188. The summed E-state index contributed by atoms with van der Waals surface area (Å²) in [6.07, 6.45) is 0.916. The molecule has 0 fully saturated rings. The molecule has 0 atom stereocenters. The lowest BCUT2D eigenvalue weighted by Crippen LogP contribution is -2.43. The number of nitrogens with zero attached hydrogens (tertiary/aromatic N) is 3. The van der Waals surface area contributed by atoms with Crippen molar-refractivity contribution in [1.29, 1.82) is 0 Å². The lowest BCUT2D eigenvalue weighted by Gasteiger charge is -2.20. The largest absolute Gasteiger partial charge is 0.497 e. The van der Waals surface area contributed by atoms with E-state index in [2.05, 4.69) is 39.7 Å². The first-order chi connectivity index (χ1) is 15.4. The Hall–Kier alpha value is -2.69. The van der Waals surface area contributed by atoms with Crippen LogP contribution in [0, 0.1) is 0 Å². The third kappa shape index (κ3) is 9.77. The van der Waals surface area contributed by atoms with Gasteiger partial charge in [-0.05, 0) is 30.7 Å². The normalized spacial score (nSPS) is 10.6. The number of benzene rings is 2. The van der Waals surface area contributed by atoms with Gasteiger partial charge in [0.2, 0.25) is 5.91 Å². The van der Waals surface area contributed by atoms with E-state index in [-0.39, 0.29) is 36.4 Å². The van der Waals surface area contributed by atoms with E-state index in [9.17, 15) is 4.79 Å². The lowest BCUT2D eigenvalue weighted by atomic mass is 10.2. The highest BCUT2D eigenvalue weighted by molar-refractivity contribution is 14.0. The van der Waals surface area contributed by atoms with E-state index < -0.39 is 0 Å². The number of guanidine groups is 1. The molecule has 8 nitrogen and oxygen atoms in total. The van der Waals surface area contributed by atoms with E-state index >= 15 is 0 Å². The minimum Gasteiger partial charge on any atom is -0.497 e. The van der Waals surface area contributed by atoms with Crippen LogP contribution >= 0.6 is 24.0 Å². The number of hydrogen-bond acceptors (Lipinski definition) is 5. The van der Waals surface area contributed by atoms with Gasteiger partial charge in [0.25, 0.3) is 0 Å². The van der Waals surface area contributed by atoms with Crippen molar-refractivity contribution in [3.05, 3.63) is 54.1 Å². The second-order valence-corrected chi connectivity index (χ2v) is 7.52. The average Bonchev–Trinajstić information content (AvgIpc) is 2.82. The van der Waals surface area contributed by atoms with Crippen LogP contribution in [0.1, 0.15) is 12.0 Å². The van der Waals surface area contributed by atoms with E-state index in [1.54, 1.807) is 33.2 Å². The predicted octanol–water partition coefficient (Wildman–Crippen LogP) is 2.97. The summed E-state index contributed by atoms with van der Waals surface area (Å²) in [6.45, 7) is 2.19. The third-order valence-corrected chi connectivity index (χ3v) is 4.97. The van der Waals surface area contributed by atoms with Gasteiger partial charge in [-0.1, -0.05) is 18.2 Å². The first-order valence-corrected chi connectivity index (χ1v) is 10.6. The Morgan fingerprint density at radius 2 is 1.73 bits per heavy atom. The van der Waals surface area contributed by atoms with Crippen molar-refractivity contribution < 1.29 is 14.3 Å². The Morgan fingerprint density at radius 1 is 1.00 bits per heavy atom. The fourth-order valence-electron chi connectivity index (χ4n) is 2.97. The zero-order valence-electron chi connectivity index (χ0n) is 20.1. The number of ether oxygens (including phenoxy) is 2. The summed E-state index contributed by atoms with van der Waals surface area (Å²) >= 11 is 0. The van der Waals surface area contributed by atoms with Crippen LogP contribution in [0.2, 0.25) is 0 Å². The number of hydrogen-bond donors (Lipinski definition) is 2. The van der Waals surface area contributed by atoms with E-state index in [0.29, 0.717) is 18.3 Å². The van der Waals surface area contributed by atoms with Gasteiger partial charge in [-0.3, -0.25) is 4.79 Å². The fraction of sp³-hybridized carbons (Fsp3) is 0.417. The number of nitrogens with one attached hydrogen (secondary N) is 2. The highest BCUT2D eigenvalue weighted by Gasteiger charge is 2.08. The molecular formula is C24H36IN5O3. The van der Waals surface area contributed by atoms with Crippen LogP contribution in [0.15, 0.2) is 53.5 Å². The zero-order chi connectivity index (χ0) is 23.3. The molecule has 9 heteroatoms. The summed E-state index contributed by atoms with van der Waals surface area (Å²) in [7, 11) is 8.79. The first-order valence-electron chi connectivity index (χ1n) is 10.6. The van der Waals surface area contributed by atoms with Crippen LogP contribution in [0.25, 0.3) is 0 Å². The molecule has 0 aliphatic rings. The predicted molar refractivity (Wildman–Crippen MR) is 145 cm³/mol. The van der Waals surface area contributed by atoms with Crippen LogP contribution in [0.5, 0.6) is 11.5 Å². The van der Waals surface area contributed by atoms with E-state index in [0.717, 1.165) is 30.8 Å². The molecule has 0 aliphatic carbocycles. The number of carbonyl (C=O) groups excluding carboxylic acids is 1. The Balaban J connectivity index is 0.00000544. The van der Waals surface area contributed by atoms with E-state index in [4.69, 9.17) is 9.47 Å². The second-order valence-electron chi connectivity index (χ2n) is 7.52. The first kappa shape index (κ1) is 28.3. The Morgan fingerprint density at radius 3 is 2.36 bits per heavy atom. The van der Waals surface area contributed by atoms with Gasteiger partial charge < -0.3 is 29.9 Å². The number of methoxy groups -OCH3 is 2. The van der Waals surface area contributed by atoms with Gasteiger partial charge in [0.1, 0.15) is 11.5 Å². The number of para-hydroxylation sites is 1. The van der Waals surface area contributed by atoms with Crippen molar-refractivity contribution in [1.82, 2.24) is 15.5 Å². The fourth-order valence-corrected chi connectivity index (χ4v) is 2.97. The lowest BCUT2D eigenvalue weighted by molar-refractivity contribution is -0.127. The molecule has 1 amide bonds. The van der Waals surface area contributed by atoms with Crippen LogP contribution in [-0.4, -0.2) is 71.8 Å². The molecule has 0 aliphatic heterocycles. The van der Waals surface area contributed by atoms with Gasteiger partial charge in [0, 0.05) is 51.5 Å². The maximum absolute atomic E-state index is 12.0. The minimum atomic E-state index is -0.0228. The number of carbonyl (C=O) groups is 1. The summed E-state index contributed by atoms with van der Waals surface area (Å²) in [5.74, 6) is 2.00. The monoisotopic (exact) mass is 569 g/mol. The van der Waals surface area contributed by atoms with Crippen molar-refractivity contribution in [3.63, 3.8) is 0 Å². The van der Waals surface area contributed by atoms with Crippen LogP contribution in [0.4, 0.5) is 5.69 Å². The molecule has 2 aromatic carbocycles. The Labute approximate surface area is 214 Å². The summed E-state index contributed by atoms with van der Waals surface area (Å²) in [4.78, 5) is 20.4. The molecule has 0 saturated heterocycles. The molecule has 182 valence electrons. The number of likely N-dealkylation sites (N-methyl/N-ethyl adjacent to an activating group) is 1. The molecule has 0 saturated carbocycles. The molecule has 33 heavy (non-hydrogen) atoms. The molecule has 0 bridgehead atoms. The average molecular weight is 569 g/mol. The zero-order valence-corrected chi connectivity index (χ0v) is 22.5. The SMILES string of the molecule is COc1ccc(CN=C(NCCCN(C)c2ccccc2)NCC(=O)N(C)C)c(OC)c1.I. The van der Waals surface area contributed by atoms with Crippen molar-refractivity contribution in [2.24, 2.45) is 4.99 Å². The van der Waals surface area contributed by atoms with Gasteiger partial charge in [-0.2, -0.15) is 0 Å². The van der Waals surface area contributed by atoms with Crippen molar-refractivity contribution >= 4 is 41.5 Å². The molecular weight excluding hydrogens is 533 g/mol. The van der Waals surface area contributed by atoms with Gasteiger partial charge >= 0.3 is 0 Å². The van der Waals surface area contributed by atoms with Gasteiger partial charge in [0.05, 0.1) is 27.3 Å². The smallest absolute Gasteiger partial charge is 0.241 e. The minimum absolute atomic E-state index is 0. The molecule has 0 unspecified atom stereocenters. The number of aliphatic imine (C=N–C) groups is 1. The van der Waals surface area contributed by atoms with Crippen LogP contribution in [0.3, 0.4) is 0 Å². The molecule has 2 rings (SSSR count). The summed E-state index contributed by atoms with van der Waals surface area (Å²) in [6, 6.07) is 15.9. The Kier molecular flexibility index (Phi) is 13.1. The van der Waals surface area contributed by atoms with Crippen LogP contribution in [-0.2, 0) is 11.3 Å². The molecule has 0 heterocycles. The number of halogens is 1. The number of anilines is 1. The summed E-state index contributed by atoms with van der Waals surface area (Å²) in [5.41, 5.74) is 2.11. The molecule has 0 radical (unpaired) electrons. The highest BCUT2D eigenvalue weighted by Crippen LogP contribution is 2.25. The number of amides is 1. The second kappa shape index (κ2) is 15.2. The van der Waals surface area contributed by atoms with E-state index in [1.165, 1.54) is 5.69 Å². The topological polar surface area (TPSA) is 78.4 Å².